The Morgan fingerprint density at radius 3 is 2.64 bits per heavy atom. The van der Waals surface area contributed by atoms with Gasteiger partial charge in [0.05, 0.1) is 5.56 Å². The first-order valence-corrected chi connectivity index (χ1v) is 7.42. The highest BCUT2D eigenvalue weighted by molar-refractivity contribution is 5.94. The molecule has 1 aromatic carbocycles. The number of halogens is 3. The number of carbonyl (C=O) groups excluding carboxylic acids is 1. The van der Waals surface area contributed by atoms with Gasteiger partial charge < -0.3 is 9.88 Å². The summed E-state index contributed by atoms with van der Waals surface area (Å²) in [6, 6.07) is 7.03. The van der Waals surface area contributed by atoms with Crippen molar-refractivity contribution in [2.24, 2.45) is 0 Å². The van der Waals surface area contributed by atoms with Crippen LogP contribution in [0.25, 0.3) is 11.5 Å². The van der Waals surface area contributed by atoms with E-state index in [9.17, 15) is 18.0 Å². The average Bonchev–Trinajstić information content (AvgIpc) is 3.09. The summed E-state index contributed by atoms with van der Waals surface area (Å²) in [7, 11) is 0. The van der Waals surface area contributed by atoms with E-state index in [2.05, 4.69) is 15.3 Å². The van der Waals surface area contributed by atoms with Crippen molar-refractivity contribution in [3.8, 4) is 11.5 Å². The lowest BCUT2D eigenvalue weighted by Gasteiger charge is -2.09. The van der Waals surface area contributed by atoms with Crippen molar-refractivity contribution >= 4 is 5.91 Å². The number of nitrogens with zero attached hydrogens (tertiary/aromatic N) is 3. The van der Waals surface area contributed by atoms with E-state index in [1.54, 1.807) is 35.3 Å². The van der Waals surface area contributed by atoms with Gasteiger partial charge in [-0.25, -0.2) is 18.2 Å². The van der Waals surface area contributed by atoms with Crippen molar-refractivity contribution in [1.82, 2.24) is 19.9 Å². The van der Waals surface area contributed by atoms with Crippen LogP contribution in [0.5, 0.6) is 0 Å². The van der Waals surface area contributed by atoms with Gasteiger partial charge in [-0.05, 0) is 24.3 Å². The number of aromatic nitrogens is 3. The first kappa shape index (κ1) is 16.7. The lowest BCUT2D eigenvalue weighted by Crippen LogP contribution is -2.28. The van der Waals surface area contributed by atoms with Crippen LogP contribution in [0.2, 0.25) is 0 Å². The number of carbonyl (C=O) groups is 1. The second kappa shape index (κ2) is 7.16. The summed E-state index contributed by atoms with van der Waals surface area (Å²) in [6.07, 6.45) is 4.96. The molecule has 2 heterocycles. The molecule has 0 saturated carbocycles. The first-order valence-electron chi connectivity index (χ1n) is 7.42. The Hall–Kier alpha value is -3.16. The quantitative estimate of drug-likeness (QED) is 0.723. The van der Waals surface area contributed by atoms with E-state index in [1.165, 1.54) is 0 Å². The van der Waals surface area contributed by atoms with Gasteiger partial charge >= 0.3 is 0 Å². The number of imidazole rings is 1. The minimum absolute atomic E-state index is 0.146. The zero-order chi connectivity index (χ0) is 17.8. The summed E-state index contributed by atoms with van der Waals surface area (Å²) in [4.78, 5) is 20.4. The normalized spacial score (nSPS) is 10.7. The van der Waals surface area contributed by atoms with E-state index in [0.29, 0.717) is 24.1 Å². The van der Waals surface area contributed by atoms with Crippen LogP contribution in [0.15, 0.2) is 48.9 Å². The maximum Gasteiger partial charge on any atom is 0.254 e. The number of nitrogens with one attached hydrogen (secondary N) is 1. The molecule has 0 atom stereocenters. The zero-order valence-corrected chi connectivity index (χ0v) is 12.9. The number of hydrogen-bond acceptors (Lipinski definition) is 3. The molecular weight excluding hydrogens is 333 g/mol. The third kappa shape index (κ3) is 3.52. The number of hydrogen-bond donors (Lipinski definition) is 1. The molecule has 5 nitrogen and oxygen atoms in total. The van der Waals surface area contributed by atoms with Crippen LogP contribution in [0.3, 0.4) is 0 Å². The second-order valence-corrected chi connectivity index (χ2v) is 5.14. The Labute approximate surface area is 141 Å². The third-order valence-electron chi connectivity index (χ3n) is 3.53. The fourth-order valence-corrected chi connectivity index (χ4v) is 2.30. The summed E-state index contributed by atoms with van der Waals surface area (Å²) >= 11 is 0. The highest BCUT2D eigenvalue weighted by Crippen LogP contribution is 2.15. The Balaban J connectivity index is 1.66. The molecule has 1 amide bonds. The molecule has 3 aromatic rings. The van der Waals surface area contributed by atoms with Crippen LogP contribution in [0, 0.1) is 17.5 Å². The number of amides is 1. The van der Waals surface area contributed by atoms with Gasteiger partial charge in [0.25, 0.3) is 5.91 Å². The minimum Gasteiger partial charge on any atom is -0.350 e. The highest BCUT2D eigenvalue weighted by atomic mass is 19.2. The molecule has 0 fully saturated rings. The van der Waals surface area contributed by atoms with Crippen LogP contribution in [0.1, 0.15) is 10.4 Å². The Kier molecular flexibility index (Phi) is 4.78. The molecule has 128 valence electrons. The molecule has 1 N–H and O–H groups in total. The van der Waals surface area contributed by atoms with Crippen molar-refractivity contribution in [2.45, 2.75) is 6.54 Å². The minimum atomic E-state index is -1.67. The topological polar surface area (TPSA) is 59.8 Å². The van der Waals surface area contributed by atoms with Crippen molar-refractivity contribution < 1.29 is 18.0 Å². The SMILES string of the molecule is O=C(NCCn1ccnc1-c1ccccn1)c1ccc(F)c(F)c1F. The van der Waals surface area contributed by atoms with E-state index >= 15 is 0 Å². The predicted molar refractivity (Wildman–Crippen MR) is 84.1 cm³/mol. The average molecular weight is 346 g/mol. The van der Waals surface area contributed by atoms with E-state index in [4.69, 9.17) is 0 Å². The fourth-order valence-electron chi connectivity index (χ4n) is 2.30. The van der Waals surface area contributed by atoms with Gasteiger partial charge in [-0.3, -0.25) is 9.78 Å². The van der Waals surface area contributed by atoms with Crippen LogP contribution in [-0.4, -0.2) is 27.0 Å². The smallest absolute Gasteiger partial charge is 0.254 e. The maximum absolute atomic E-state index is 13.6. The summed E-state index contributed by atoms with van der Waals surface area (Å²) < 4.78 is 41.5. The van der Waals surface area contributed by atoms with Crippen LogP contribution in [0.4, 0.5) is 13.2 Å². The van der Waals surface area contributed by atoms with Gasteiger partial charge in [-0.2, -0.15) is 0 Å². The van der Waals surface area contributed by atoms with Crippen molar-refractivity contribution in [1.29, 1.82) is 0 Å². The lowest BCUT2D eigenvalue weighted by molar-refractivity contribution is 0.0947. The van der Waals surface area contributed by atoms with Gasteiger partial charge in [-0.1, -0.05) is 6.07 Å². The molecule has 0 spiro atoms. The van der Waals surface area contributed by atoms with Crippen molar-refractivity contribution in [2.75, 3.05) is 6.54 Å². The molecule has 0 saturated heterocycles. The van der Waals surface area contributed by atoms with Crippen LogP contribution in [-0.2, 0) is 6.54 Å². The maximum atomic E-state index is 13.6. The van der Waals surface area contributed by atoms with Gasteiger partial charge in [0.2, 0.25) is 0 Å². The summed E-state index contributed by atoms with van der Waals surface area (Å²) in [5.41, 5.74) is 0.125. The molecule has 0 radical (unpaired) electrons. The number of rotatable bonds is 5. The van der Waals surface area contributed by atoms with E-state index < -0.39 is 28.9 Å². The predicted octanol–water partition coefficient (Wildman–Crippen LogP) is 2.79. The molecule has 0 bridgehead atoms. The second-order valence-electron chi connectivity index (χ2n) is 5.14. The highest BCUT2D eigenvalue weighted by Gasteiger charge is 2.18. The van der Waals surface area contributed by atoms with E-state index in [0.717, 1.165) is 6.07 Å². The monoisotopic (exact) mass is 346 g/mol. The van der Waals surface area contributed by atoms with Gasteiger partial charge in [-0.15, -0.1) is 0 Å². The Morgan fingerprint density at radius 1 is 1.04 bits per heavy atom. The third-order valence-corrected chi connectivity index (χ3v) is 3.53. The molecule has 2 aromatic heterocycles. The molecular formula is C17H13F3N4O. The lowest BCUT2D eigenvalue weighted by atomic mass is 10.2. The molecule has 3 rings (SSSR count). The van der Waals surface area contributed by atoms with Gasteiger partial charge in [0.15, 0.2) is 23.3 Å². The van der Waals surface area contributed by atoms with Crippen LogP contribution < -0.4 is 5.32 Å². The number of benzene rings is 1. The van der Waals surface area contributed by atoms with Gasteiger partial charge in [0.1, 0.15) is 5.69 Å². The summed E-state index contributed by atoms with van der Waals surface area (Å²) in [5.74, 6) is -4.72. The molecule has 0 aliphatic carbocycles. The zero-order valence-electron chi connectivity index (χ0n) is 12.9. The van der Waals surface area contributed by atoms with Crippen molar-refractivity contribution in [3.63, 3.8) is 0 Å². The molecule has 8 heteroatoms. The molecule has 0 unspecified atom stereocenters. The van der Waals surface area contributed by atoms with Crippen molar-refractivity contribution in [3.05, 3.63) is 71.9 Å². The van der Waals surface area contributed by atoms with Gasteiger partial charge in [0, 0.05) is 31.7 Å². The summed E-state index contributed by atoms with van der Waals surface area (Å²) in [5, 5.41) is 2.47. The van der Waals surface area contributed by atoms with E-state index in [1.807, 2.05) is 6.07 Å². The molecule has 0 aliphatic rings. The Morgan fingerprint density at radius 2 is 1.88 bits per heavy atom. The van der Waals surface area contributed by atoms with Crippen LogP contribution >= 0.6 is 0 Å². The van der Waals surface area contributed by atoms with E-state index in [-0.39, 0.29) is 6.54 Å². The number of pyridine rings is 1. The standard InChI is InChI=1S/C17H13F3N4O/c18-12-5-4-11(14(19)15(12)20)17(25)23-8-10-24-9-7-22-16(24)13-3-1-2-6-21-13/h1-7,9H,8,10H2,(H,23,25). The summed E-state index contributed by atoms with van der Waals surface area (Å²) in [6.45, 7) is 0.496. The largest absolute Gasteiger partial charge is 0.350 e. The Bertz CT molecular complexity index is 896. The first-order chi connectivity index (χ1) is 12.1. The molecule has 25 heavy (non-hydrogen) atoms. The molecule has 0 aliphatic heterocycles. The fraction of sp³-hybridized carbons (Fsp3) is 0.118.